The monoisotopic (exact) mass is 334 g/mol. The van der Waals surface area contributed by atoms with Gasteiger partial charge in [-0.15, -0.1) is 0 Å². The molecule has 0 unspecified atom stereocenters. The summed E-state index contributed by atoms with van der Waals surface area (Å²) in [5, 5.41) is 15.6. The van der Waals surface area contributed by atoms with Crippen LogP contribution in [-0.2, 0) is 4.79 Å². The van der Waals surface area contributed by atoms with Crippen LogP contribution in [0, 0.1) is 18.3 Å². The maximum atomic E-state index is 12.0. The number of benzene rings is 2. The van der Waals surface area contributed by atoms with E-state index in [1.165, 1.54) is 0 Å². The summed E-state index contributed by atoms with van der Waals surface area (Å²) in [7, 11) is 0. The molecule has 2 aromatic rings. The molecule has 2 rings (SSSR count). The van der Waals surface area contributed by atoms with Crippen LogP contribution in [0.4, 0.5) is 5.69 Å². The molecule has 0 spiro atoms. The van der Waals surface area contributed by atoms with E-state index in [0.29, 0.717) is 22.5 Å². The van der Waals surface area contributed by atoms with Crippen molar-refractivity contribution < 1.29 is 9.59 Å². The summed E-state index contributed by atoms with van der Waals surface area (Å²) in [5.74, 6) is -0.646. The van der Waals surface area contributed by atoms with Crippen molar-refractivity contribution in [2.45, 2.75) is 20.3 Å². The average Bonchev–Trinajstić information content (AvgIpc) is 2.60. The maximum Gasteiger partial charge on any atom is 0.271 e. The Hall–Kier alpha value is -3.46. The summed E-state index contributed by atoms with van der Waals surface area (Å²) in [6.45, 7) is 3.54. The van der Waals surface area contributed by atoms with Gasteiger partial charge in [-0.2, -0.15) is 10.4 Å². The number of carbonyl (C=O) groups excluding carboxylic acids is 2. The van der Waals surface area contributed by atoms with Gasteiger partial charge < -0.3 is 5.32 Å². The van der Waals surface area contributed by atoms with Crippen molar-refractivity contribution in [2.24, 2.45) is 5.10 Å². The lowest BCUT2D eigenvalue weighted by molar-refractivity contribution is -0.115. The number of hydrogen-bond acceptors (Lipinski definition) is 4. The third-order valence-electron chi connectivity index (χ3n) is 3.37. The third-order valence-corrected chi connectivity index (χ3v) is 3.37. The Morgan fingerprint density at radius 1 is 1.16 bits per heavy atom. The first kappa shape index (κ1) is 17.9. The highest BCUT2D eigenvalue weighted by Crippen LogP contribution is 2.13. The Morgan fingerprint density at radius 3 is 2.64 bits per heavy atom. The molecular formula is C19H18N4O2. The molecule has 0 radical (unpaired) electrons. The number of nitriles is 1. The third kappa shape index (κ3) is 5.29. The van der Waals surface area contributed by atoms with Crippen molar-refractivity contribution in [3.63, 3.8) is 0 Å². The van der Waals surface area contributed by atoms with Crippen molar-refractivity contribution >= 4 is 23.2 Å². The van der Waals surface area contributed by atoms with Crippen LogP contribution in [-0.4, -0.2) is 17.5 Å². The zero-order valence-electron chi connectivity index (χ0n) is 14.0. The highest BCUT2D eigenvalue weighted by Gasteiger charge is 2.09. The van der Waals surface area contributed by atoms with E-state index in [9.17, 15) is 9.59 Å². The molecule has 2 amide bonds. The molecule has 0 aliphatic rings. The first-order valence-electron chi connectivity index (χ1n) is 7.68. The van der Waals surface area contributed by atoms with Crippen LogP contribution < -0.4 is 10.7 Å². The molecule has 6 heteroatoms. The Morgan fingerprint density at radius 2 is 1.92 bits per heavy atom. The van der Waals surface area contributed by atoms with Crippen molar-refractivity contribution in [3.05, 3.63) is 65.2 Å². The van der Waals surface area contributed by atoms with Crippen molar-refractivity contribution in [1.82, 2.24) is 5.43 Å². The molecule has 6 nitrogen and oxygen atoms in total. The van der Waals surface area contributed by atoms with Gasteiger partial charge in [-0.3, -0.25) is 9.59 Å². The van der Waals surface area contributed by atoms with Crippen LogP contribution in [0.2, 0.25) is 0 Å². The van der Waals surface area contributed by atoms with Gasteiger partial charge in [0.2, 0.25) is 5.91 Å². The molecule has 0 aliphatic heterocycles. The van der Waals surface area contributed by atoms with E-state index in [1.807, 2.05) is 19.1 Å². The summed E-state index contributed by atoms with van der Waals surface area (Å²) >= 11 is 0. The number of nitrogens with zero attached hydrogens (tertiary/aromatic N) is 2. The van der Waals surface area contributed by atoms with Crippen molar-refractivity contribution in [3.8, 4) is 6.07 Å². The van der Waals surface area contributed by atoms with Gasteiger partial charge in [0.15, 0.2) is 0 Å². The number of carbonyl (C=O) groups is 2. The minimum absolute atomic E-state index is 0.00780. The standard InChI is InChI=1S/C19H18N4O2/c1-13-6-5-8-15(10-13)19(25)23-22-14(2)11-18(24)21-17-9-4-3-7-16(17)12-20/h3-10H,11H2,1-2H3,(H,21,24)(H,23,25). The summed E-state index contributed by atoms with van der Waals surface area (Å²) < 4.78 is 0. The largest absolute Gasteiger partial charge is 0.325 e. The lowest BCUT2D eigenvalue weighted by Gasteiger charge is -2.07. The summed E-state index contributed by atoms with van der Waals surface area (Å²) in [6, 6.07) is 15.9. The Kier molecular flexibility index (Phi) is 6.02. The molecule has 0 atom stereocenters. The molecule has 0 heterocycles. The van der Waals surface area contributed by atoms with E-state index in [0.717, 1.165) is 5.56 Å². The fourth-order valence-corrected chi connectivity index (χ4v) is 2.15. The van der Waals surface area contributed by atoms with Gasteiger partial charge in [0.1, 0.15) is 6.07 Å². The molecule has 0 fully saturated rings. The van der Waals surface area contributed by atoms with Gasteiger partial charge in [-0.25, -0.2) is 5.43 Å². The van der Waals surface area contributed by atoms with E-state index in [4.69, 9.17) is 5.26 Å². The number of rotatable bonds is 5. The number of hydrazone groups is 1. The summed E-state index contributed by atoms with van der Waals surface area (Å²) in [5.41, 5.74) is 5.20. The van der Waals surface area contributed by atoms with E-state index in [1.54, 1.807) is 49.4 Å². The Balaban J connectivity index is 1.93. The smallest absolute Gasteiger partial charge is 0.271 e. The van der Waals surface area contributed by atoms with Crippen LogP contribution in [0.25, 0.3) is 0 Å². The molecule has 25 heavy (non-hydrogen) atoms. The molecule has 0 saturated heterocycles. The Bertz CT molecular complexity index is 866. The van der Waals surface area contributed by atoms with Gasteiger partial charge in [0, 0.05) is 11.3 Å². The minimum atomic E-state index is -0.335. The van der Waals surface area contributed by atoms with Crippen LogP contribution in [0.15, 0.2) is 53.6 Å². The number of aryl methyl sites for hydroxylation is 1. The van der Waals surface area contributed by atoms with Crippen molar-refractivity contribution in [1.29, 1.82) is 5.26 Å². The highest BCUT2D eigenvalue weighted by molar-refractivity contribution is 6.06. The predicted octanol–water partition coefficient (Wildman–Crippen LogP) is 3.00. The SMILES string of the molecule is CC(CC(=O)Nc1ccccc1C#N)=NNC(=O)c1cccc(C)c1. The maximum absolute atomic E-state index is 12.0. The lowest BCUT2D eigenvalue weighted by Crippen LogP contribution is -2.21. The second-order valence-electron chi connectivity index (χ2n) is 5.54. The molecule has 2 aromatic carbocycles. The molecule has 0 aromatic heterocycles. The van der Waals surface area contributed by atoms with Gasteiger partial charge >= 0.3 is 0 Å². The number of amides is 2. The fourth-order valence-electron chi connectivity index (χ4n) is 2.15. The van der Waals surface area contributed by atoms with E-state index in [2.05, 4.69) is 15.8 Å². The second kappa shape index (κ2) is 8.41. The normalized spacial score (nSPS) is 10.7. The first-order valence-corrected chi connectivity index (χ1v) is 7.68. The number of anilines is 1. The van der Waals surface area contributed by atoms with Crippen LogP contribution in [0.3, 0.4) is 0 Å². The number of nitrogens with one attached hydrogen (secondary N) is 2. The zero-order chi connectivity index (χ0) is 18.2. The average molecular weight is 334 g/mol. The second-order valence-corrected chi connectivity index (χ2v) is 5.54. The summed E-state index contributed by atoms with van der Waals surface area (Å²) in [6.07, 6.45) is 0.00780. The predicted molar refractivity (Wildman–Crippen MR) is 96.2 cm³/mol. The minimum Gasteiger partial charge on any atom is -0.325 e. The van der Waals surface area contributed by atoms with Crippen molar-refractivity contribution in [2.75, 3.05) is 5.32 Å². The van der Waals surface area contributed by atoms with E-state index < -0.39 is 0 Å². The van der Waals surface area contributed by atoms with Gasteiger partial charge in [-0.1, -0.05) is 29.8 Å². The van der Waals surface area contributed by atoms with E-state index >= 15 is 0 Å². The van der Waals surface area contributed by atoms with Crippen LogP contribution >= 0.6 is 0 Å². The van der Waals surface area contributed by atoms with Crippen LogP contribution in [0.5, 0.6) is 0 Å². The summed E-state index contributed by atoms with van der Waals surface area (Å²) in [4.78, 5) is 24.0. The lowest BCUT2D eigenvalue weighted by atomic mass is 10.1. The molecule has 126 valence electrons. The molecular weight excluding hydrogens is 316 g/mol. The fraction of sp³-hybridized carbons (Fsp3) is 0.158. The topological polar surface area (TPSA) is 94.3 Å². The van der Waals surface area contributed by atoms with Gasteiger partial charge in [0.25, 0.3) is 5.91 Å². The van der Waals surface area contributed by atoms with E-state index in [-0.39, 0.29) is 18.2 Å². The number of para-hydroxylation sites is 1. The molecule has 0 aliphatic carbocycles. The molecule has 0 bridgehead atoms. The zero-order valence-corrected chi connectivity index (χ0v) is 14.0. The van der Waals surface area contributed by atoms with Crippen LogP contribution in [0.1, 0.15) is 34.8 Å². The van der Waals surface area contributed by atoms with Gasteiger partial charge in [-0.05, 0) is 38.1 Å². The molecule has 2 N–H and O–H groups in total. The molecule has 0 saturated carbocycles. The van der Waals surface area contributed by atoms with Gasteiger partial charge in [0.05, 0.1) is 17.7 Å². The number of hydrogen-bond donors (Lipinski definition) is 2. The Labute approximate surface area is 146 Å². The quantitative estimate of drug-likeness (QED) is 0.650. The first-order chi connectivity index (χ1) is 12.0. The highest BCUT2D eigenvalue weighted by atomic mass is 16.2.